The molecule has 2 heterocycles. The largest absolute Gasteiger partial charge is 0.353 e. The first-order valence-electron chi connectivity index (χ1n) is 9.03. The minimum absolute atomic E-state index is 0.0126. The summed E-state index contributed by atoms with van der Waals surface area (Å²) in [5, 5.41) is 5.21. The summed E-state index contributed by atoms with van der Waals surface area (Å²) in [4.78, 5) is 27.8. The molecular weight excluding hydrogens is 320 g/mol. The van der Waals surface area contributed by atoms with E-state index in [1.54, 1.807) is 17.4 Å². The topological polar surface area (TPSA) is 49.4 Å². The van der Waals surface area contributed by atoms with Crippen molar-refractivity contribution in [3.05, 3.63) is 28.5 Å². The molecule has 0 spiro atoms. The van der Waals surface area contributed by atoms with Gasteiger partial charge in [-0.15, -0.1) is 11.3 Å². The van der Waals surface area contributed by atoms with E-state index in [-0.39, 0.29) is 17.7 Å². The summed E-state index contributed by atoms with van der Waals surface area (Å²) in [5.74, 6) is 0.0972. The molecule has 1 atom stereocenters. The zero-order valence-electron chi connectivity index (χ0n) is 14.1. The highest BCUT2D eigenvalue weighted by atomic mass is 32.1. The van der Waals surface area contributed by atoms with Gasteiger partial charge in [0.25, 0.3) is 0 Å². The second-order valence-electron chi connectivity index (χ2n) is 6.82. The summed E-state index contributed by atoms with van der Waals surface area (Å²) >= 11 is 1.61. The van der Waals surface area contributed by atoms with E-state index in [4.69, 9.17) is 0 Å². The van der Waals surface area contributed by atoms with Crippen LogP contribution in [0.1, 0.15) is 49.8 Å². The molecule has 24 heavy (non-hydrogen) atoms. The van der Waals surface area contributed by atoms with E-state index in [0.29, 0.717) is 12.6 Å². The van der Waals surface area contributed by atoms with Crippen LogP contribution in [0.5, 0.6) is 0 Å². The molecule has 1 aromatic heterocycles. The van der Waals surface area contributed by atoms with Crippen LogP contribution >= 0.6 is 11.3 Å². The molecule has 5 heteroatoms. The Balaban J connectivity index is 1.51. The van der Waals surface area contributed by atoms with Gasteiger partial charge in [-0.3, -0.25) is 9.59 Å². The summed E-state index contributed by atoms with van der Waals surface area (Å²) in [6.07, 6.45) is 11.2. The minimum atomic E-state index is -0.0558. The van der Waals surface area contributed by atoms with Crippen LogP contribution in [0.25, 0.3) is 6.08 Å². The lowest BCUT2D eigenvalue weighted by Crippen LogP contribution is -2.47. The predicted molar refractivity (Wildman–Crippen MR) is 97.7 cm³/mol. The second kappa shape index (κ2) is 8.47. The summed E-state index contributed by atoms with van der Waals surface area (Å²) in [7, 11) is 0. The quantitative estimate of drug-likeness (QED) is 0.849. The summed E-state index contributed by atoms with van der Waals surface area (Å²) < 4.78 is 0. The first-order valence-corrected chi connectivity index (χ1v) is 9.91. The SMILES string of the molecule is O=C(NC1CCCCC1)[C@H]1CCCN(C(=O)/C=C\c2cccs2)C1. The van der Waals surface area contributed by atoms with E-state index in [9.17, 15) is 9.59 Å². The number of piperidine rings is 1. The lowest BCUT2D eigenvalue weighted by atomic mass is 9.93. The Morgan fingerprint density at radius 3 is 2.75 bits per heavy atom. The molecule has 4 nitrogen and oxygen atoms in total. The monoisotopic (exact) mass is 346 g/mol. The molecule has 0 bridgehead atoms. The van der Waals surface area contributed by atoms with Crippen molar-refractivity contribution in [3.8, 4) is 0 Å². The Hall–Kier alpha value is -1.62. The fourth-order valence-corrected chi connectivity index (χ4v) is 4.22. The molecule has 0 unspecified atom stereocenters. The van der Waals surface area contributed by atoms with Gasteiger partial charge in [-0.1, -0.05) is 25.3 Å². The highest BCUT2D eigenvalue weighted by Gasteiger charge is 2.29. The van der Waals surface area contributed by atoms with Crippen LogP contribution < -0.4 is 5.32 Å². The van der Waals surface area contributed by atoms with Crippen molar-refractivity contribution < 1.29 is 9.59 Å². The Bertz CT molecular complexity index is 576. The molecule has 1 aromatic rings. The van der Waals surface area contributed by atoms with Crippen molar-refractivity contribution in [3.63, 3.8) is 0 Å². The Morgan fingerprint density at radius 1 is 1.17 bits per heavy atom. The van der Waals surface area contributed by atoms with Crippen molar-refractivity contribution in [2.24, 2.45) is 5.92 Å². The second-order valence-corrected chi connectivity index (χ2v) is 7.79. The average molecular weight is 346 g/mol. The molecular formula is C19H26N2O2S. The van der Waals surface area contributed by atoms with E-state index >= 15 is 0 Å². The van der Waals surface area contributed by atoms with Crippen molar-refractivity contribution >= 4 is 29.2 Å². The first-order chi connectivity index (χ1) is 11.7. The van der Waals surface area contributed by atoms with Gasteiger partial charge in [0.05, 0.1) is 5.92 Å². The molecule has 2 aliphatic rings. The fraction of sp³-hybridized carbons (Fsp3) is 0.579. The van der Waals surface area contributed by atoms with Crippen molar-refractivity contribution in [2.75, 3.05) is 13.1 Å². The molecule has 0 aromatic carbocycles. The number of amides is 2. The van der Waals surface area contributed by atoms with Gasteiger partial charge >= 0.3 is 0 Å². The maximum atomic E-state index is 12.5. The molecule has 1 aliphatic carbocycles. The predicted octanol–water partition coefficient (Wildman–Crippen LogP) is 3.45. The van der Waals surface area contributed by atoms with Gasteiger partial charge < -0.3 is 10.2 Å². The number of hydrogen-bond donors (Lipinski definition) is 1. The third kappa shape index (κ3) is 4.69. The molecule has 1 saturated carbocycles. The van der Waals surface area contributed by atoms with Crippen molar-refractivity contribution in [1.29, 1.82) is 0 Å². The molecule has 1 saturated heterocycles. The fourth-order valence-electron chi connectivity index (χ4n) is 3.60. The number of hydrogen-bond acceptors (Lipinski definition) is 3. The van der Waals surface area contributed by atoms with Crippen LogP contribution in [0, 0.1) is 5.92 Å². The maximum absolute atomic E-state index is 12.5. The van der Waals surface area contributed by atoms with Crippen molar-refractivity contribution in [2.45, 2.75) is 51.0 Å². The van der Waals surface area contributed by atoms with Gasteiger partial charge in [-0.25, -0.2) is 0 Å². The molecule has 1 N–H and O–H groups in total. The molecule has 1 aliphatic heterocycles. The molecule has 130 valence electrons. The maximum Gasteiger partial charge on any atom is 0.246 e. The van der Waals surface area contributed by atoms with Gasteiger partial charge in [0.2, 0.25) is 11.8 Å². The Kier molecular flexibility index (Phi) is 6.07. The van der Waals surface area contributed by atoms with Gasteiger partial charge in [-0.2, -0.15) is 0 Å². The van der Waals surface area contributed by atoms with E-state index in [1.807, 2.05) is 28.5 Å². The number of nitrogens with one attached hydrogen (secondary N) is 1. The van der Waals surface area contributed by atoms with Crippen LogP contribution in [-0.4, -0.2) is 35.8 Å². The van der Waals surface area contributed by atoms with E-state index in [2.05, 4.69) is 5.32 Å². The molecule has 0 radical (unpaired) electrons. The minimum Gasteiger partial charge on any atom is -0.353 e. The number of likely N-dealkylation sites (tertiary alicyclic amines) is 1. The summed E-state index contributed by atoms with van der Waals surface area (Å²) in [5.41, 5.74) is 0. The molecule has 2 fully saturated rings. The standard InChI is InChI=1S/C19H26N2O2S/c22-18(11-10-17-9-5-13-24-17)21-12-4-6-15(14-21)19(23)20-16-7-2-1-3-8-16/h5,9-11,13,15-16H,1-4,6-8,12,14H2,(H,20,23)/b11-10-/t15-/m0/s1. The third-order valence-corrected chi connectivity index (χ3v) is 5.83. The first kappa shape index (κ1) is 17.2. The molecule has 3 rings (SSSR count). The van der Waals surface area contributed by atoms with E-state index < -0.39 is 0 Å². The normalized spacial score (nSPS) is 22.7. The van der Waals surface area contributed by atoms with Crippen LogP contribution in [0.15, 0.2) is 23.6 Å². The number of rotatable bonds is 4. The third-order valence-electron chi connectivity index (χ3n) is 4.99. The molecule has 2 amide bonds. The number of carbonyl (C=O) groups excluding carboxylic acids is 2. The number of carbonyl (C=O) groups is 2. The number of nitrogens with zero attached hydrogens (tertiary/aromatic N) is 1. The summed E-state index contributed by atoms with van der Waals surface area (Å²) in [6, 6.07) is 4.31. The Morgan fingerprint density at radius 2 is 2.00 bits per heavy atom. The van der Waals surface area contributed by atoms with Gasteiger partial charge in [0, 0.05) is 30.1 Å². The zero-order valence-corrected chi connectivity index (χ0v) is 14.9. The smallest absolute Gasteiger partial charge is 0.246 e. The van der Waals surface area contributed by atoms with Crippen LogP contribution in [-0.2, 0) is 9.59 Å². The lowest BCUT2D eigenvalue weighted by molar-refractivity contribution is -0.132. The van der Waals surface area contributed by atoms with Crippen LogP contribution in [0.3, 0.4) is 0 Å². The van der Waals surface area contributed by atoms with Crippen LogP contribution in [0.4, 0.5) is 0 Å². The van der Waals surface area contributed by atoms with Gasteiger partial charge in [0.1, 0.15) is 0 Å². The average Bonchev–Trinajstić information content (AvgIpc) is 3.14. The highest BCUT2D eigenvalue weighted by molar-refractivity contribution is 7.10. The van der Waals surface area contributed by atoms with E-state index in [1.165, 1.54) is 19.3 Å². The van der Waals surface area contributed by atoms with E-state index in [0.717, 1.165) is 37.1 Å². The Labute approximate surface area is 147 Å². The lowest BCUT2D eigenvalue weighted by Gasteiger charge is -2.33. The number of thiophene rings is 1. The van der Waals surface area contributed by atoms with Gasteiger partial charge in [0.15, 0.2) is 0 Å². The zero-order chi connectivity index (χ0) is 16.8. The summed E-state index contributed by atoms with van der Waals surface area (Å²) in [6.45, 7) is 1.30. The highest BCUT2D eigenvalue weighted by Crippen LogP contribution is 2.21. The van der Waals surface area contributed by atoms with Crippen molar-refractivity contribution in [1.82, 2.24) is 10.2 Å². The van der Waals surface area contributed by atoms with Crippen LogP contribution in [0.2, 0.25) is 0 Å². The van der Waals surface area contributed by atoms with Gasteiger partial charge in [-0.05, 0) is 43.2 Å².